The average Bonchev–Trinajstić information content (AvgIpc) is 2.84. The van der Waals surface area contributed by atoms with Crippen LogP contribution in [0.15, 0.2) is 66.7 Å². The molecule has 1 fully saturated rings. The van der Waals surface area contributed by atoms with Gasteiger partial charge in [0.25, 0.3) is 5.91 Å². The van der Waals surface area contributed by atoms with Gasteiger partial charge < -0.3 is 20.2 Å². The summed E-state index contributed by atoms with van der Waals surface area (Å²) in [6.45, 7) is 8.65. The third-order valence-corrected chi connectivity index (χ3v) is 6.35. The van der Waals surface area contributed by atoms with Gasteiger partial charge in [0, 0.05) is 43.1 Å². The molecule has 6 heteroatoms. The number of hydrogen-bond acceptors (Lipinski definition) is 3. The second-order valence-corrected chi connectivity index (χ2v) is 9.08. The fraction of sp³-hybridized carbons (Fsp3) is 0.286. The molecule has 0 radical (unpaired) electrons. The minimum absolute atomic E-state index is 0.147. The molecule has 0 spiro atoms. The number of amides is 2. The van der Waals surface area contributed by atoms with E-state index in [1.165, 1.54) is 10.5 Å². The highest BCUT2D eigenvalue weighted by Crippen LogP contribution is 2.28. The van der Waals surface area contributed by atoms with Gasteiger partial charge in [0.05, 0.1) is 0 Å². The Bertz CT molecular complexity index is 1160. The molecule has 6 nitrogen and oxygen atoms in total. The fourth-order valence-corrected chi connectivity index (χ4v) is 4.25. The Labute approximate surface area is 200 Å². The summed E-state index contributed by atoms with van der Waals surface area (Å²) in [7, 11) is 0. The highest BCUT2D eigenvalue weighted by atomic mass is 16.4. The normalized spacial score (nSPS) is 13.8. The van der Waals surface area contributed by atoms with Crippen LogP contribution in [0.2, 0.25) is 0 Å². The summed E-state index contributed by atoms with van der Waals surface area (Å²) in [5.74, 6) is 0.309. The Balaban J connectivity index is 1.48. The van der Waals surface area contributed by atoms with E-state index in [1.54, 1.807) is 0 Å². The molecule has 0 saturated carbocycles. The Kier molecular flexibility index (Phi) is 6.87. The second-order valence-electron chi connectivity index (χ2n) is 9.08. The third kappa shape index (κ3) is 5.22. The van der Waals surface area contributed by atoms with Gasteiger partial charge in [0.1, 0.15) is 0 Å². The van der Waals surface area contributed by atoms with E-state index in [2.05, 4.69) is 54.4 Å². The minimum Gasteiger partial charge on any atom is -0.465 e. The van der Waals surface area contributed by atoms with E-state index >= 15 is 0 Å². The maximum absolute atomic E-state index is 13.2. The monoisotopic (exact) mass is 457 g/mol. The molecule has 0 bridgehead atoms. The number of nitrogens with one attached hydrogen (secondary N) is 1. The van der Waals surface area contributed by atoms with E-state index in [4.69, 9.17) is 5.11 Å². The van der Waals surface area contributed by atoms with Gasteiger partial charge in [0.2, 0.25) is 0 Å². The Morgan fingerprint density at radius 3 is 2.12 bits per heavy atom. The van der Waals surface area contributed by atoms with Crippen LogP contribution in [0.4, 0.5) is 16.2 Å². The minimum atomic E-state index is -0.871. The number of rotatable bonds is 5. The lowest BCUT2D eigenvalue weighted by Gasteiger charge is -2.34. The maximum atomic E-state index is 13.2. The maximum Gasteiger partial charge on any atom is 0.407 e. The molecule has 1 aliphatic rings. The standard InChI is InChI=1S/C28H31N3O3/c1-19(2)21-5-7-22(8-6-21)26-18-20(3)4-13-25(26)27(32)29-23-9-11-24(12-10-23)30-14-16-31(17-15-30)28(33)34/h4-13,18-19H,14-17H2,1-3H3,(H,29,32)(H,33,34). The quantitative estimate of drug-likeness (QED) is 0.505. The molecule has 1 heterocycles. The van der Waals surface area contributed by atoms with Gasteiger partial charge in [-0.25, -0.2) is 4.79 Å². The van der Waals surface area contributed by atoms with E-state index in [1.807, 2.05) is 43.3 Å². The zero-order valence-corrected chi connectivity index (χ0v) is 19.9. The lowest BCUT2D eigenvalue weighted by atomic mass is 9.94. The fourth-order valence-electron chi connectivity index (χ4n) is 4.25. The van der Waals surface area contributed by atoms with E-state index < -0.39 is 6.09 Å². The van der Waals surface area contributed by atoms with Gasteiger partial charge in [-0.15, -0.1) is 0 Å². The molecule has 3 aromatic rings. The lowest BCUT2D eigenvalue weighted by molar-refractivity contribution is 0.102. The van der Waals surface area contributed by atoms with Crippen LogP contribution in [0.5, 0.6) is 0 Å². The third-order valence-electron chi connectivity index (χ3n) is 6.35. The topological polar surface area (TPSA) is 72.9 Å². The van der Waals surface area contributed by atoms with Crippen molar-refractivity contribution in [2.45, 2.75) is 26.7 Å². The van der Waals surface area contributed by atoms with Crippen molar-refractivity contribution in [2.75, 3.05) is 36.4 Å². The van der Waals surface area contributed by atoms with Gasteiger partial charge in [-0.3, -0.25) is 4.79 Å². The van der Waals surface area contributed by atoms with Gasteiger partial charge in [-0.1, -0.05) is 55.8 Å². The first-order valence-corrected chi connectivity index (χ1v) is 11.7. The van der Waals surface area contributed by atoms with E-state index in [0.29, 0.717) is 37.7 Å². The van der Waals surface area contributed by atoms with E-state index in [-0.39, 0.29) is 5.91 Å². The second kappa shape index (κ2) is 10.00. The molecular formula is C28H31N3O3. The van der Waals surface area contributed by atoms with Crippen LogP contribution in [0.1, 0.15) is 41.3 Å². The van der Waals surface area contributed by atoms with Crippen LogP contribution in [0, 0.1) is 6.92 Å². The van der Waals surface area contributed by atoms with Crippen LogP contribution in [0.3, 0.4) is 0 Å². The van der Waals surface area contributed by atoms with Crippen molar-refractivity contribution in [2.24, 2.45) is 0 Å². The summed E-state index contributed by atoms with van der Waals surface area (Å²) >= 11 is 0. The molecular weight excluding hydrogens is 426 g/mol. The molecule has 0 atom stereocenters. The number of aryl methyl sites for hydroxylation is 1. The molecule has 34 heavy (non-hydrogen) atoms. The molecule has 0 aromatic heterocycles. The smallest absolute Gasteiger partial charge is 0.407 e. The van der Waals surface area contributed by atoms with Crippen LogP contribution in [-0.2, 0) is 0 Å². The van der Waals surface area contributed by atoms with E-state index in [9.17, 15) is 9.59 Å². The zero-order chi connectivity index (χ0) is 24.2. The number of carboxylic acid groups (broad SMARTS) is 1. The molecule has 0 aliphatic carbocycles. The van der Waals surface area contributed by atoms with Crippen LogP contribution in [-0.4, -0.2) is 48.2 Å². The summed E-state index contributed by atoms with van der Waals surface area (Å²) in [5, 5.41) is 12.1. The molecule has 3 aromatic carbocycles. The summed E-state index contributed by atoms with van der Waals surface area (Å²) in [5.41, 5.74) is 6.69. The lowest BCUT2D eigenvalue weighted by Crippen LogP contribution is -2.48. The Morgan fingerprint density at radius 1 is 0.882 bits per heavy atom. The van der Waals surface area contributed by atoms with Crippen molar-refractivity contribution in [1.29, 1.82) is 0 Å². The molecule has 1 saturated heterocycles. The number of benzene rings is 3. The first kappa shape index (κ1) is 23.4. The van der Waals surface area contributed by atoms with Crippen molar-refractivity contribution >= 4 is 23.4 Å². The van der Waals surface area contributed by atoms with Gasteiger partial charge in [-0.05, 0) is 59.9 Å². The summed E-state index contributed by atoms with van der Waals surface area (Å²) in [4.78, 5) is 27.9. The number of carbonyl (C=O) groups is 2. The van der Waals surface area contributed by atoms with Crippen LogP contribution >= 0.6 is 0 Å². The zero-order valence-electron chi connectivity index (χ0n) is 19.9. The summed E-state index contributed by atoms with van der Waals surface area (Å²) in [6, 6.07) is 22.0. The molecule has 2 amide bonds. The largest absolute Gasteiger partial charge is 0.465 e. The van der Waals surface area contributed by atoms with Crippen molar-refractivity contribution < 1.29 is 14.7 Å². The SMILES string of the molecule is Cc1ccc(C(=O)Nc2ccc(N3CCN(C(=O)O)CC3)cc2)c(-c2ccc(C(C)C)cc2)c1. The highest BCUT2D eigenvalue weighted by molar-refractivity contribution is 6.08. The molecule has 176 valence electrons. The Morgan fingerprint density at radius 2 is 1.53 bits per heavy atom. The molecule has 1 aliphatic heterocycles. The van der Waals surface area contributed by atoms with Crippen LogP contribution in [0.25, 0.3) is 11.1 Å². The number of anilines is 2. The van der Waals surface area contributed by atoms with Crippen LogP contribution < -0.4 is 10.2 Å². The van der Waals surface area contributed by atoms with Gasteiger partial charge in [-0.2, -0.15) is 0 Å². The molecule has 4 rings (SSSR count). The first-order chi connectivity index (χ1) is 16.3. The summed E-state index contributed by atoms with van der Waals surface area (Å²) in [6.07, 6.45) is -0.871. The van der Waals surface area contributed by atoms with Crippen molar-refractivity contribution in [3.05, 3.63) is 83.4 Å². The number of carbonyl (C=O) groups excluding carboxylic acids is 1. The van der Waals surface area contributed by atoms with Gasteiger partial charge in [0.15, 0.2) is 0 Å². The molecule has 0 unspecified atom stereocenters. The number of nitrogens with zero attached hydrogens (tertiary/aromatic N) is 2. The summed E-state index contributed by atoms with van der Waals surface area (Å²) < 4.78 is 0. The average molecular weight is 458 g/mol. The van der Waals surface area contributed by atoms with E-state index in [0.717, 1.165) is 28.1 Å². The van der Waals surface area contributed by atoms with Crippen molar-refractivity contribution in [3.8, 4) is 11.1 Å². The number of hydrogen-bond donors (Lipinski definition) is 2. The number of piperazine rings is 1. The first-order valence-electron chi connectivity index (χ1n) is 11.7. The van der Waals surface area contributed by atoms with Crippen molar-refractivity contribution in [1.82, 2.24) is 4.90 Å². The molecule has 2 N–H and O–H groups in total. The van der Waals surface area contributed by atoms with Crippen molar-refractivity contribution in [3.63, 3.8) is 0 Å². The van der Waals surface area contributed by atoms with Gasteiger partial charge >= 0.3 is 6.09 Å². The predicted molar refractivity (Wildman–Crippen MR) is 137 cm³/mol. The Hall–Kier alpha value is -3.80. The highest BCUT2D eigenvalue weighted by Gasteiger charge is 2.20. The predicted octanol–water partition coefficient (Wildman–Crippen LogP) is 5.84.